The third-order valence-corrected chi connectivity index (χ3v) is 5.28. The minimum atomic E-state index is -0.166. The number of piperazine rings is 1. The lowest BCUT2D eigenvalue weighted by Gasteiger charge is -2.34. The Balaban J connectivity index is 1.34. The number of aryl methyl sites for hydroxylation is 1. The summed E-state index contributed by atoms with van der Waals surface area (Å²) in [5.41, 5.74) is 2.39. The molecule has 2 aromatic rings. The molecule has 5 heteroatoms. The molecule has 0 spiro atoms. The van der Waals surface area contributed by atoms with Crippen LogP contribution in [-0.2, 0) is 12.8 Å². The van der Waals surface area contributed by atoms with Crippen LogP contribution in [0.4, 0.5) is 4.39 Å². The molecule has 0 aliphatic carbocycles. The van der Waals surface area contributed by atoms with Gasteiger partial charge in [0.1, 0.15) is 5.82 Å². The maximum Gasteiger partial charge on any atom is 0.160 e. The van der Waals surface area contributed by atoms with E-state index in [0.717, 1.165) is 58.5 Å². The number of benzene rings is 2. The number of methoxy groups -OCH3 is 1. The lowest BCUT2D eigenvalue weighted by Crippen LogP contribution is -2.47. The van der Waals surface area contributed by atoms with E-state index in [-0.39, 0.29) is 11.6 Å². The van der Waals surface area contributed by atoms with Gasteiger partial charge >= 0.3 is 0 Å². The van der Waals surface area contributed by atoms with E-state index in [1.54, 1.807) is 13.2 Å². The van der Waals surface area contributed by atoms with E-state index < -0.39 is 0 Å². The minimum absolute atomic E-state index is 0.166. The molecule has 0 aromatic heterocycles. The Labute approximate surface area is 161 Å². The summed E-state index contributed by atoms with van der Waals surface area (Å²) in [6.07, 6.45) is 3.07. The fraction of sp³-hybridized carbons (Fsp3) is 0.455. The number of aromatic hydroxyl groups is 1. The van der Waals surface area contributed by atoms with Gasteiger partial charge in [0.2, 0.25) is 0 Å². The molecule has 0 bridgehead atoms. The highest BCUT2D eigenvalue weighted by molar-refractivity contribution is 5.41. The predicted octanol–water partition coefficient (Wildman–Crippen LogP) is 3.33. The molecule has 3 rings (SSSR count). The van der Waals surface area contributed by atoms with Crippen LogP contribution in [0.3, 0.4) is 0 Å². The molecular formula is C22H29FN2O2. The quantitative estimate of drug-likeness (QED) is 0.771. The van der Waals surface area contributed by atoms with Crippen molar-refractivity contribution in [2.45, 2.75) is 19.3 Å². The standard InChI is InChI=1S/C22H29FN2O2/c1-27-22-17-19(6-9-21(22)26)10-12-25-15-13-24(14-16-25)11-2-3-18-4-7-20(23)8-5-18/h4-9,17,26H,2-3,10-16H2,1H3. The van der Waals surface area contributed by atoms with E-state index in [4.69, 9.17) is 4.74 Å². The molecule has 27 heavy (non-hydrogen) atoms. The van der Waals surface area contributed by atoms with E-state index in [0.29, 0.717) is 5.75 Å². The SMILES string of the molecule is COc1cc(CCN2CCN(CCCc3ccc(F)cc3)CC2)ccc1O. The largest absolute Gasteiger partial charge is 0.504 e. The Hall–Kier alpha value is -2.11. The van der Waals surface area contributed by atoms with Crippen molar-refractivity contribution in [3.05, 3.63) is 59.4 Å². The summed E-state index contributed by atoms with van der Waals surface area (Å²) in [6.45, 7) is 6.50. The number of nitrogens with zero attached hydrogens (tertiary/aromatic N) is 2. The van der Waals surface area contributed by atoms with Crippen molar-refractivity contribution in [3.8, 4) is 11.5 Å². The van der Waals surface area contributed by atoms with Crippen molar-refractivity contribution in [2.75, 3.05) is 46.4 Å². The molecular weight excluding hydrogens is 343 g/mol. The van der Waals surface area contributed by atoms with Crippen LogP contribution >= 0.6 is 0 Å². The first-order chi connectivity index (χ1) is 13.1. The molecule has 1 aliphatic rings. The summed E-state index contributed by atoms with van der Waals surface area (Å²) in [5, 5.41) is 9.68. The van der Waals surface area contributed by atoms with Crippen molar-refractivity contribution in [1.82, 2.24) is 9.80 Å². The Morgan fingerprint density at radius 1 is 0.889 bits per heavy atom. The Kier molecular flexibility index (Phi) is 7.07. The zero-order valence-corrected chi connectivity index (χ0v) is 16.0. The number of halogens is 1. The third kappa shape index (κ3) is 5.94. The number of rotatable bonds is 8. The van der Waals surface area contributed by atoms with Crippen molar-refractivity contribution < 1.29 is 14.2 Å². The molecule has 0 radical (unpaired) electrons. The van der Waals surface area contributed by atoms with Crippen molar-refractivity contribution >= 4 is 0 Å². The van der Waals surface area contributed by atoms with Gasteiger partial charge in [0, 0.05) is 32.7 Å². The summed E-state index contributed by atoms with van der Waals surface area (Å²) in [7, 11) is 1.58. The van der Waals surface area contributed by atoms with Crippen LogP contribution in [0.2, 0.25) is 0 Å². The molecule has 1 heterocycles. The zero-order valence-electron chi connectivity index (χ0n) is 16.0. The number of ether oxygens (including phenoxy) is 1. The highest BCUT2D eigenvalue weighted by Gasteiger charge is 2.16. The van der Waals surface area contributed by atoms with E-state index in [1.165, 1.54) is 23.3 Å². The maximum absolute atomic E-state index is 12.9. The molecule has 1 saturated heterocycles. The third-order valence-electron chi connectivity index (χ3n) is 5.28. The van der Waals surface area contributed by atoms with Crippen LogP contribution in [0.1, 0.15) is 17.5 Å². The van der Waals surface area contributed by atoms with Gasteiger partial charge in [-0.25, -0.2) is 4.39 Å². The molecule has 1 aliphatic heterocycles. The van der Waals surface area contributed by atoms with Gasteiger partial charge in [0.05, 0.1) is 7.11 Å². The van der Waals surface area contributed by atoms with Gasteiger partial charge in [-0.3, -0.25) is 0 Å². The van der Waals surface area contributed by atoms with Crippen LogP contribution < -0.4 is 4.74 Å². The van der Waals surface area contributed by atoms with Gasteiger partial charge in [0.25, 0.3) is 0 Å². The Morgan fingerprint density at radius 2 is 1.52 bits per heavy atom. The first-order valence-corrected chi connectivity index (χ1v) is 9.69. The van der Waals surface area contributed by atoms with E-state index >= 15 is 0 Å². The second-order valence-electron chi connectivity index (χ2n) is 7.17. The van der Waals surface area contributed by atoms with Crippen LogP contribution in [0.15, 0.2) is 42.5 Å². The monoisotopic (exact) mass is 372 g/mol. The summed E-state index contributed by atoms with van der Waals surface area (Å²) < 4.78 is 18.1. The summed E-state index contributed by atoms with van der Waals surface area (Å²) >= 11 is 0. The van der Waals surface area contributed by atoms with E-state index in [2.05, 4.69) is 9.80 Å². The van der Waals surface area contributed by atoms with Crippen molar-refractivity contribution in [3.63, 3.8) is 0 Å². The second-order valence-corrected chi connectivity index (χ2v) is 7.17. The lowest BCUT2D eigenvalue weighted by molar-refractivity contribution is 0.132. The Bertz CT molecular complexity index is 713. The first-order valence-electron chi connectivity index (χ1n) is 9.69. The van der Waals surface area contributed by atoms with Crippen LogP contribution in [0.25, 0.3) is 0 Å². The van der Waals surface area contributed by atoms with Gasteiger partial charge in [-0.15, -0.1) is 0 Å². The molecule has 0 atom stereocenters. The molecule has 0 saturated carbocycles. The molecule has 0 amide bonds. The van der Waals surface area contributed by atoms with E-state index in [1.807, 2.05) is 24.3 Å². The zero-order chi connectivity index (χ0) is 19.1. The summed E-state index contributed by atoms with van der Waals surface area (Å²) in [6, 6.07) is 12.4. The van der Waals surface area contributed by atoms with Gasteiger partial charge in [0.15, 0.2) is 11.5 Å². The second kappa shape index (κ2) is 9.72. The van der Waals surface area contributed by atoms with Crippen LogP contribution in [0.5, 0.6) is 11.5 Å². The molecule has 1 N–H and O–H groups in total. The molecule has 146 valence electrons. The normalized spacial score (nSPS) is 15.8. The number of hydrogen-bond donors (Lipinski definition) is 1. The topological polar surface area (TPSA) is 35.9 Å². The van der Waals surface area contributed by atoms with Gasteiger partial charge < -0.3 is 19.6 Å². The smallest absolute Gasteiger partial charge is 0.160 e. The summed E-state index contributed by atoms with van der Waals surface area (Å²) in [5.74, 6) is 0.564. The number of phenols is 1. The summed E-state index contributed by atoms with van der Waals surface area (Å²) in [4.78, 5) is 5.01. The van der Waals surface area contributed by atoms with Crippen molar-refractivity contribution in [2.24, 2.45) is 0 Å². The van der Waals surface area contributed by atoms with Crippen molar-refractivity contribution in [1.29, 1.82) is 0 Å². The fourth-order valence-corrected chi connectivity index (χ4v) is 3.56. The van der Waals surface area contributed by atoms with Gasteiger partial charge in [-0.2, -0.15) is 0 Å². The van der Waals surface area contributed by atoms with Crippen LogP contribution in [-0.4, -0.2) is 61.3 Å². The first kappa shape index (κ1) is 19.6. The lowest BCUT2D eigenvalue weighted by atomic mass is 10.1. The van der Waals surface area contributed by atoms with E-state index in [9.17, 15) is 9.50 Å². The highest BCUT2D eigenvalue weighted by Crippen LogP contribution is 2.26. The average molecular weight is 372 g/mol. The molecule has 4 nitrogen and oxygen atoms in total. The minimum Gasteiger partial charge on any atom is -0.504 e. The predicted molar refractivity (Wildman–Crippen MR) is 106 cm³/mol. The number of phenolic OH excluding ortho intramolecular Hbond substituents is 1. The van der Waals surface area contributed by atoms with Gasteiger partial charge in [-0.05, 0) is 61.2 Å². The highest BCUT2D eigenvalue weighted by atomic mass is 19.1. The van der Waals surface area contributed by atoms with Crippen LogP contribution in [0, 0.1) is 5.82 Å². The maximum atomic E-state index is 12.9. The average Bonchev–Trinajstić information content (AvgIpc) is 2.70. The fourth-order valence-electron chi connectivity index (χ4n) is 3.56. The number of hydrogen-bond acceptors (Lipinski definition) is 4. The molecule has 2 aromatic carbocycles. The molecule has 0 unspecified atom stereocenters. The molecule has 1 fully saturated rings. The van der Waals surface area contributed by atoms with Gasteiger partial charge in [-0.1, -0.05) is 18.2 Å². The Morgan fingerprint density at radius 3 is 2.19 bits per heavy atom.